The van der Waals surface area contributed by atoms with Crippen molar-refractivity contribution in [2.75, 3.05) is 5.43 Å². The highest BCUT2D eigenvalue weighted by Crippen LogP contribution is 2.23. The number of hydrazone groups is 1. The molecule has 26 heavy (non-hydrogen) atoms. The number of ketones is 1. The lowest BCUT2D eigenvalue weighted by atomic mass is 10.0. The molecule has 2 heterocycles. The van der Waals surface area contributed by atoms with E-state index in [1.807, 2.05) is 6.92 Å². The van der Waals surface area contributed by atoms with Crippen molar-refractivity contribution in [3.05, 3.63) is 57.8 Å². The number of hydrogen-bond acceptors (Lipinski definition) is 6. The van der Waals surface area contributed by atoms with Crippen LogP contribution >= 0.6 is 0 Å². The molecule has 1 aromatic heterocycles. The van der Waals surface area contributed by atoms with Crippen molar-refractivity contribution in [2.45, 2.75) is 32.7 Å². The molecule has 2 aromatic rings. The van der Waals surface area contributed by atoms with Crippen LogP contribution in [-0.2, 0) is 0 Å². The molecule has 8 heteroatoms. The third-order valence-electron chi connectivity index (χ3n) is 4.34. The first-order valence-corrected chi connectivity index (χ1v) is 8.18. The molecule has 1 aromatic carbocycles. The van der Waals surface area contributed by atoms with Crippen LogP contribution in [0.1, 0.15) is 59.3 Å². The predicted molar refractivity (Wildman–Crippen MR) is 96.0 cm³/mol. The minimum absolute atomic E-state index is 0.0913. The van der Waals surface area contributed by atoms with Gasteiger partial charge < -0.3 is 5.11 Å². The standard InChI is InChI=1S/C18H18N4O4/c1-10-7-8-15(16-19-9-13(18(25)26)17(24)22(10)16)21-20-14-6-4-3-5-12(14)11(2)23/h3-6,9-10,20H,7-8H2,1-2H3,(H,25,26)/b21-15+. The Hall–Kier alpha value is -3.29. The van der Waals surface area contributed by atoms with Crippen LogP contribution in [0.15, 0.2) is 40.4 Å². The highest BCUT2D eigenvalue weighted by Gasteiger charge is 2.26. The van der Waals surface area contributed by atoms with Crippen LogP contribution in [0.4, 0.5) is 5.69 Å². The summed E-state index contributed by atoms with van der Waals surface area (Å²) in [7, 11) is 0. The molecule has 0 fully saturated rings. The fraction of sp³-hybridized carbons (Fsp3) is 0.278. The van der Waals surface area contributed by atoms with Gasteiger partial charge in [-0.05, 0) is 38.8 Å². The molecule has 0 amide bonds. The molecule has 2 N–H and O–H groups in total. The number of aromatic nitrogens is 2. The van der Waals surface area contributed by atoms with Crippen molar-refractivity contribution in [3.63, 3.8) is 0 Å². The van der Waals surface area contributed by atoms with E-state index in [1.165, 1.54) is 11.5 Å². The van der Waals surface area contributed by atoms with Crippen LogP contribution < -0.4 is 11.0 Å². The first-order chi connectivity index (χ1) is 12.4. The van der Waals surface area contributed by atoms with E-state index >= 15 is 0 Å². The number of para-hydroxylation sites is 1. The molecule has 1 aliphatic heterocycles. The van der Waals surface area contributed by atoms with Gasteiger partial charge in [0.2, 0.25) is 0 Å². The summed E-state index contributed by atoms with van der Waals surface area (Å²) in [5, 5.41) is 13.5. The maximum Gasteiger partial charge on any atom is 0.342 e. The lowest BCUT2D eigenvalue weighted by molar-refractivity contribution is 0.0693. The van der Waals surface area contributed by atoms with E-state index in [-0.39, 0.29) is 17.4 Å². The number of Topliss-reactive ketones (excluding diaryl/α,β-unsaturated/α-hetero) is 1. The summed E-state index contributed by atoms with van der Waals surface area (Å²) >= 11 is 0. The molecule has 0 bridgehead atoms. The summed E-state index contributed by atoms with van der Waals surface area (Å²) in [4.78, 5) is 39.5. The van der Waals surface area contributed by atoms with Crippen molar-refractivity contribution < 1.29 is 14.7 Å². The smallest absolute Gasteiger partial charge is 0.342 e. The van der Waals surface area contributed by atoms with Gasteiger partial charge in [-0.1, -0.05) is 12.1 Å². The van der Waals surface area contributed by atoms with Gasteiger partial charge in [0.25, 0.3) is 5.56 Å². The number of benzene rings is 1. The maximum atomic E-state index is 12.5. The number of nitrogens with one attached hydrogen (secondary N) is 1. The summed E-state index contributed by atoms with van der Waals surface area (Å²) < 4.78 is 1.37. The number of carboxylic acids is 1. The molecule has 8 nitrogen and oxygen atoms in total. The van der Waals surface area contributed by atoms with E-state index in [1.54, 1.807) is 24.3 Å². The minimum Gasteiger partial charge on any atom is -0.477 e. The summed E-state index contributed by atoms with van der Waals surface area (Å²) in [5.74, 6) is -1.06. The van der Waals surface area contributed by atoms with E-state index in [0.29, 0.717) is 35.6 Å². The molecule has 3 rings (SSSR count). The van der Waals surface area contributed by atoms with Gasteiger partial charge in [0.05, 0.1) is 5.69 Å². The van der Waals surface area contributed by atoms with Gasteiger partial charge in [0.15, 0.2) is 11.6 Å². The monoisotopic (exact) mass is 354 g/mol. The van der Waals surface area contributed by atoms with Gasteiger partial charge in [-0.15, -0.1) is 0 Å². The number of hydrogen-bond donors (Lipinski definition) is 2. The molecular formula is C18H18N4O4. The fourth-order valence-electron chi connectivity index (χ4n) is 2.95. The number of anilines is 1. The number of rotatable bonds is 4. The average molecular weight is 354 g/mol. The van der Waals surface area contributed by atoms with Crippen LogP contribution in [0, 0.1) is 0 Å². The summed E-state index contributed by atoms with van der Waals surface area (Å²) in [6.45, 7) is 3.31. The van der Waals surface area contributed by atoms with Crippen LogP contribution in [0.5, 0.6) is 0 Å². The zero-order chi connectivity index (χ0) is 18.8. The van der Waals surface area contributed by atoms with Crippen LogP contribution in [0.3, 0.4) is 0 Å². The Morgan fingerprint density at radius 2 is 2.04 bits per heavy atom. The highest BCUT2D eigenvalue weighted by molar-refractivity contribution is 6.01. The lowest BCUT2D eigenvalue weighted by Gasteiger charge is -2.25. The molecule has 1 atom stereocenters. The third-order valence-corrected chi connectivity index (χ3v) is 4.34. The largest absolute Gasteiger partial charge is 0.477 e. The van der Waals surface area contributed by atoms with Crippen molar-refractivity contribution in [1.29, 1.82) is 0 Å². The third kappa shape index (κ3) is 3.13. The number of carboxylic acid groups (broad SMARTS) is 1. The van der Waals surface area contributed by atoms with Gasteiger partial charge >= 0.3 is 5.97 Å². The number of carbonyl (C=O) groups excluding carboxylic acids is 1. The summed E-state index contributed by atoms with van der Waals surface area (Å²) in [5.41, 5.74) is 3.52. The van der Waals surface area contributed by atoms with E-state index in [4.69, 9.17) is 5.11 Å². The Labute approximate surface area is 149 Å². The predicted octanol–water partition coefficient (Wildman–Crippen LogP) is 2.32. The maximum absolute atomic E-state index is 12.5. The van der Waals surface area contributed by atoms with Crippen LogP contribution in [-0.4, -0.2) is 32.1 Å². The topological polar surface area (TPSA) is 114 Å². The number of carbonyl (C=O) groups is 2. The SMILES string of the molecule is CC(=O)c1ccccc1N/N=C1\CCC(C)n2c1ncc(C(=O)O)c2=O. The van der Waals surface area contributed by atoms with Gasteiger partial charge in [-0.25, -0.2) is 9.78 Å². The Morgan fingerprint density at radius 1 is 1.31 bits per heavy atom. The molecular weight excluding hydrogens is 336 g/mol. The lowest BCUT2D eigenvalue weighted by Crippen LogP contribution is -2.37. The van der Waals surface area contributed by atoms with E-state index in [0.717, 1.165) is 6.20 Å². The second kappa shape index (κ2) is 6.91. The van der Waals surface area contributed by atoms with Crippen molar-refractivity contribution in [3.8, 4) is 0 Å². The number of fused-ring (bicyclic) bond motifs is 1. The number of aromatic carboxylic acids is 1. The molecule has 134 valence electrons. The van der Waals surface area contributed by atoms with Gasteiger partial charge in [-0.2, -0.15) is 5.10 Å². The molecule has 0 saturated carbocycles. The Balaban J connectivity index is 2.02. The van der Waals surface area contributed by atoms with Gasteiger partial charge in [-0.3, -0.25) is 19.6 Å². The van der Waals surface area contributed by atoms with Crippen molar-refractivity contribution in [1.82, 2.24) is 9.55 Å². The summed E-state index contributed by atoms with van der Waals surface area (Å²) in [6, 6.07) is 6.81. The summed E-state index contributed by atoms with van der Waals surface area (Å²) in [6.07, 6.45) is 2.27. The van der Waals surface area contributed by atoms with Crippen LogP contribution in [0.2, 0.25) is 0 Å². The zero-order valence-electron chi connectivity index (χ0n) is 14.4. The number of nitrogens with zero attached hydrogens (tertiary/aromatic N) is 3. The normalized spacial score (nSPS) is 17.6. The fourth-order valence-corrected chi connectivity index (χ4v) is 2.95. The molecule has 0 spiro atoms. The van der Waals surface area contributed by atoms with Crippen molar-refractivity contribution >= 4 is 23.2 Å². The van der Waals surface area contributed by atoms with E-state index in [2.05, 4.69) is 15.5 Å². The Bertz CT molecular complexity index is 977. The zero-order valence-corrected chi connectivity index (χ0v) is 14.4. The van der Waals surface area contributed by atoms with E-state index < -0.39 is 11.5 Å². The van der Waals surface area contributed by atoms with Gasteiger partial charge in [0, 0.05) is 17.8 Å². The first-order valence-electron chi connectivity index (χ1n) is 8.18. The second-order valence-electron chi connectivity index (χ2n) is 6.14. The highest BCUT2D eigenvalue weighted by atomic mass is 16.4. The Morgan fingerprint density at radius 3 is 2.73 bits per heavy atom. The van der Waals surface area contributed by atoms with Gasteiger partial charge in [0.1, 0.15) is 11.3 Å². The van der Waals surface area contributed by atoms with Crippen LogP contribution in [0.25, 0.3) is 0 Å². The minimum atomic E-state index is -1.30. The molecule has 0 radical (unpaired) electrons. The second-order valence-corrected chi connectivity index (χ2v) is 6.14. The Kier molecular flexibility index (Phi) is 4.66. The van der Waals surface area contributed by atoms with Crippen molar-refractivity contribution in [2.24, 2.45) is 5.10 Å². The van der Waals surface area contributed by atoms with E-state index in [9.17, 15) is 14.4 Å². The molecule has 1 aliphatic rings. The molecule has 1 unspecified atom stereocenters. The first kappa shape index (κ1) is 17.5. The quantitative estimate of drug-likeness (QED) is 0.643. The molecule has 0 saturated heterocycles. The average Bonchev–Trinajstić information content (AvgIpc) is 2.61. The molecule has 0 aliphatic carbocycles.